The van der Waals surface area contributed by atoms with E-state index in [0.717, 1.165) is 18.2 Å². The molecule has 5 nitrogen and oxygen atoms in total. The number of aromatic nitrogens is 3. The van der Waals surface area contributed by atoms with Crippen LogP contribution in [0.15, 0.2) is 0 Å². The van der Waals surface area contributed by atoms with Crippen LogP contribution in [0.25, 0.3) is 0 Å². The molecule has 1 aliphatic rings. The lowest BCUT2D eigenvalue weighted by atomic mass is 10.1. The maximum atomic E-state index is 11.6. The van der Waals surface area contributed by atoms with Crippen LogP contribution in [0.1, 0.15) is 37.8 Å². The predicted octanol–water partition coefficient (Wildman–Crippen LogP) is 1.73. The highest BCUT2D eigenvalue weighted by Gasteiger charge is 2.33. The van der Waals surface area contributed by atoms with Crippen LogP contribution in [0.3, 0.4) is 0 Å². The van der Waals surface area contributed by atoms with Gasteiger partial charge in [0.25, 0.3) is 0 Å². The lowest BCUT2D eigenvalue weighted by Crippen LogP contribution is -2.15. The molecule has 0 radical (unpaired) electrons. The molecule has 2 rings (SSSR count). The van der Waals surface area contributed by atoms with E-state index in [-0.39, 0.29) is 17.4 Å². The number of sulfone groups is 1. The standard InChI is InChI=1S/C11H18BrN3O2S/c1-8(2)6-15-10(5-12)13-14-11(15)9-3-4-18(16,17)7-9/h8-9H,3-7H2,1-2H3. The number of rotatable bonds is 4. The van der Waals surface area contributed by atoms with Gasteiger partial charge in [0, 0.05) is 12.5 Å². The first kappa shape index (κ1) is 14.0. The highest BCUT2D eigenvalue weighted by atomic mass is 79.9. The van der Waals surface area contributed by atoms with Crippen LogP contribution in [0.5, 0.6) is 0 Å². The van der Waals surface area contributed by atoms with E-state index in [0.29, 0.717) is 17.7 Å². The van der Waals surface area contributed by atoms with Gasteiger partial charge < -0.3 is 4.57 Å². The summed E-state index contributed by atoms with van der Waals surface area (Å²) in [5, 5.41) is 9.00. The second kappa shape index (κ2) is 5.28. The number of alkyl halides is 1. The molecule has 1 aromatic heterocycles. The Labute approximate surface area is 116 Å². The summed E-state index contributed by atoms with van der Waals surface area (Å²) in [6.45, 7) is 5.10. The van der Waals surface area contributed by atoms with Gasteiger partial charge in [-0.1, -0.05) is 29.8 Å². The van der Waals surface area contributed by atoms with Gasteiger partial charge >= 0.3 is 0 Å². The Morgan fingerprint density at radius 2 is 2.17 bits per heavy atom. The molecule has 7 heteroatoms. The van der Waals surface area contributed by atoms with Crippen LogP contribution < -0.4 is 0 Å². The second-order valence-electron chi connectivity index (χ2n) is 5.21. The highest BCUT2D eigenvalue weighted by molar-refractivity contribution is 9.08. The molecule has 0 N–H and O–H groups in total. The lowest BCUT2D eigenvalue weighted by Gasteiger charge is -2.14. The van der Waals surface area contributed by atoms with Gasteiger partial charge in [-0.3, -0.25) is 0 Å². The van der Waals surface area contributed by atoms with E-state index in [1.54, 1.807) is 0 Å². The average Bonchev–Trinajstić information content (AvgIpc) is 2.81. The average molecular weight is 336 g/mol. The smallest absolute Gasteiger partial charge is 0.151 e. The summed E-state index contributed by atoms with van der Waals surface area (Å²) in [6.07, 6.45) is 0.668. The van der Waals surface area contributed by atoms with Crippen molar-refractivity contribution in [2.24, 2.45) is 5.92 Å². The van der Waals surface area contributed by atoms with Gasteiger partial charge in [0.05, 0.1) is 16.8 Å². The van der Waals surface area contributed by atoms with Gasteiger partial charge in [0.1, 0.15) is 11.6 Å². The minimum absolute atomic E-state index is 0.00838. The molecule has 1 aliphatic heterocycles. The van der Waals surface area contributed by atoms with Gasteiger partial charge in [-0.25, -0.2) is 8.42 Å². The molecule has 0 bridgehead atoms. The van der Waals surface area contributed by atoms with E-state index in [4.69, 9.17) is 0 Å². The third-order valence-electron chi connectivity index (χ3n) is 3.12. The van der Waals surface area contributed by atoms with Crippen molar-refractivity contribution in [3.63, 3.8) is 0 Å². The van der Waals surface area contributed by atoms with Crippen LogP contribution in [-0.4, -0.2) is 34.7 Å². The summed E-state index contributed by atoms with van der Waals surface area (Å²) in [7, 11) is -2.88. The summed E-state index contributed by atoms with van der Waals surface area (Å²) in [5.41, 5.74) is 0. The Hall–Kier alpha value is -0.430. The maximum absolute atomic E-state index is 11.6. The molecule has 0 amide bonds. The summed E-state index contributed by atoms with van der Waals surface area (Å²) in [4.78, 5) is 0. The van der Waals surface area contributed by atoms with Crippen molar-refractivity contribution in [1.29, 1.82) is 0 Å². The topological polar surface area (TPSA) is 64.8 Å². The molecule has 0 saturated carbocycles. The fourth-order valence-corrected chi connectivity index (χ4v) is 4.47. The SMILES string of the molecule is CC(C)Cn1c(CBr)nnc1C1CCS(=O)(=O)C1. The van der Waals surface area contributed by atoms with Crippen LogP contribution in [0.2, 0.25) is 0 Å². The third kappa shape index (κ3) is 2.93. The van der Waals surface area contributed by atoms with Crippen molar-refractivity contribution in [2.75, 3.05) is 11.5 Å². The van der Waals surface area contributed by atoms with Crippen molar-refractivity contribution in [2.45, 2.75) is 38.1 Å². The first-order valence-corrected chi connectivity index (χ1v) is 9.05. The molecule has 102 valence electrons. The molecule has 1 unspecified atom stereocenters. The fourth-order valence-electron chi connectivity index (χ4n) is 2.31. The van der Waals surface area contributed by atoms with Crippen LogP contribution in [-0.2, 0) is 21.7 Å². The quantitative estimate of drug-likeness (QED) is 0.786. The van der Waals surface area contributed by atoms with Crippen molar-refractivity contribution >= 4 is 25.8 Å². The largest absolute Gasteiger partial charge is 0.314 e. The van der Waals surface area contributed by atoms with E-state index in [2.05, 4.69) is 44.5 Å². The monoisotopic (exact) mass is 335 g/mol. The van der Waals surface area contributed by atoms with Crippen molar-refractivity contribution < 1.29 is 8.42 Å². The number of hydrogen-bond donors (Lipinski definition) is 0. The number of nitrogens with zero attached hydrogens (tertiary/aromatic N) is 3. The molecule has 1 saturated heterocycles. The molecule has 2 heterocycles. The Kier molecular flexibility index (Phi) is 4.11. The molecule has 0 spiro atoms. The van der Waals surface area contributed by atoms with Gasteiger partial charge in [-0.15, -0.1) is 10.2 Å². The zero-order valence-electron chi connectivity index (χ0n) is 10.6. The normalized spacial score (nSPS) is 22.8. The summed E-state index contributed by atoms with van der Waals surface area (Å²) in [6, 6.07) is 0. The van der Waals surface area contributed by atoms with Gasteiger partial charge in [-0.05, 0) is 12.3 Å². The highest BCUT2D eigenvalue weighted by Crippen LogP contribution is 2.28. The van der Waals surface area contributed by atoms with Crippen molar-refractivity contribution in [1.82, 2.24) is 14.8 Å². The molecular formula is C11H18BrN3O2S. The number of hydrogen-bond acceptors (Lipinski definition) is 4. The van der Waals surface area contributed by atoms with Gasteiger partial charge in [0.15, 0.2) is 9.84 Å². The van der Waals surface area contributed by atoms with Gasteiger partial charge in [0.2, 0.25) is 0 Å². The van der Waals surface area contributed by atoms with Crippen LogP contribution >= 0.6 is 15.9 Å². The molecule has 18 heavy (non-hydrogen) atoms. The summed E-state index contributed by atoms with van der Waals surface area (Å²) >= 11 is 3.40. The Morgan fingerprint density at radius 3 is 2.67 bits per heavy atom. The van der Waals surface area contributed by atoms with E-state index in [1.807, 2.05) is 0 Å². The van der Waals surface area contributed by atoms with Crippen LogP contribution in [0, 0.1) is 5.92 Å². The second-order valence-corrected chi connectivity index (χ2v) is 8.00. The van der Waals surface area contributed by atoms with Gasteiger partial charge in [-0.2, -0.15) is 0 Å². The van der Waals surface area contributed by atoms with Crippen molar-refractivity contribution in [3.05, 3.63) is 11.6 Å². The third-order valence-corrected chi connectivity index (χ3v) is 5.39. The Balaban J connectivity index is 2.30. The van der Waals surface area contributed by atoms with E-state index >= 15 is 0 Å². The zero-order chi connectivity index (χ0) is 13.3. The van der Waals surface area contributed by atoms with E-state index in [1.165, 1.54) is 0 Å². The minimum Gasteiger partial charge on any atom is -0.314 e. The van der Waals surface area contributed by atoms with E-state index in [9.17, 15) is 8.42 Å². The molecule has 0 aromatic carbocycles. The van der Waals surface area contributed by atoms with E-state index < -0.39 is 9.84 Å². The summed E-state index contributed by atoms with van der Waals surface area (Å²) < 4.78 is 25.2. The lowest BCUT2D eigenvalue weighted by molar-refractivity contribution is 0.485. The van der Waals surface area contributed by atoms with Crippen molar-refractivity contribution in [3.8, 4) is 0 Å². The summed E-state index contributed by atoms with van der Waals surface area (Å²) in [5.74, 6) is 2.69. The Bertz CT molecular complexity index is 524. The predicted molar refractivity (Wildman–Crippen MR) is 73.5 cm³/mol. The first-order chi connectivity index (χ1) is 8.43. The molecule has 0 aliphatic carbocycles. The number of halogens is 1. The molecule has 1 atom stereocenters. The maximum Gasteiger partial charge on any atom is 0.151 e. The first-order valence-electron chi connectivity index (χ1n) is 6.11. The zero-order valence-corrected chi connectivity index (χ0v) is 13.0. The van der Waals surface area contributed by atoms with Crippen LogP contribution in [0.4, 0.5) is 0 Å². The minimum atomic E-state index is -2.88. The molecule has 1 aromatic rings. The fraction of sp³-hybridized carbons (Fsp3) is 0.818. The molecular weight excluding hydrogens is 318 g/mol. The Morgan fingerprint density at radius 1 is 1.44 bits per heavy atom. The molecule has 1 fully saturated rings.